The molecule has 1 heterocycles. The third-order valence-electron chi connectivity index (χ3n) is 3.61. The normalized spacial score (nSPS) is 20.2. The van der Waals surface area contributed by atoms with Crippen molar-refractivity contribution >= 4 is 22.6 Å². The molecule has 0 aromatic heterocycles. The van der Waals surface area contributed by atoms with Crippen LogP contribution in [0, 0.1) is 5.92 Å². The van der Waals surface area contributed by atoms with E-state index >= 15 is 0 Å². The number of piperidine rings is 1. The third-order valence-corrected chi connectivity index (χ3v) is 4.88. The molecule has 1 aliphatic rings. The van der Waals surface area contributed by atoms with Gasteiger partial charge in [-0.2, -0.15) is 0 Å². The molecule has 0 aliphatic carbocycles. The van der Waals surface area contributed by atoms with Crippen molar-refractivity contribution in [3.63, 3.8) is 0 Å². The van der Waals surface area contributed by atoms with Gasteiger partial charge in [-0.25, -0.2) is 12.7 Å². The maximum Gasteiger partial charge on any atom is 0.488 e. The van der Waals surface area contributed by atoms with Crippen LogP contribution in [-0.2, 0) is 10.0 Å². The number of ether oxygens (including phenoxy) is 1. The minimum absolute atomic E-state index is 0.177. The van der Waals surface area contributed by atoms with Crippen molar-refractivity contribution in [2.24, 2.45) is 5.92 Å². The van der Waals surface area contributed by atoms with Crippen molar-refractivity contribution in [2.45, 2.75) is 12.8 Å². The standard InChI is InChI=1S/C13H20BNO5S/c1-21(18,19)15-8-2-3-11(9-15)10-20-13-6-4-12(5-7-13)14(16)17/h4-7,11,16-17H,2-3,8-10H2,1H3. The van der Waals surface area contributed by atoms with E-state index in [1.807, 2.05) is 0 Å². The second-order valence-electron chi connectivity index (χ2n) is 5.38. The highest BCUT2D eigenvalue weighted by molar-refractivity contribution is 7.88. The summed E-state index contributed by atoms with van der Waals surface area (Å²) < 4.78 is 30.2. The predicted molar refractivity (Wildman–Crippen MR) is 80.9 cm³/mol. The van der Waals surface area contributed by atoms with Gasteiger partial charge in [0.05, 0.1) is 12.9 Å². The molecule has 1 unspecified atom stereocenters. The number of hydrogen-bond donors (Lipinski definition) is 2. The highest BCUT2D eigenvalue weighted by Gasteiger charge is 2.26. The van der Waals surface area contributed by atoms with Crippen LogP contribution in [0.25, 0.3) is 0 Å². The third kappa shape index (κ3) is 4.71. The highest BCUT2D eigenvalue weighted by Crippen LogP contribution is 2.20. The van der Waals surface area contributed by atoms with E-state index in [1.165, 1.54) is 10.6 Å². The van der Waals surface area contributed by atoms with Gasteiger partial charge in [-0.05, 0) is 30.4 Å². The molecule has 6 nitrogen and oxygen atoms in total. The molecule has 116 valence electrons. The fourth-order valence-electron chi connectivity index (χ4n) is 2.41. The minimum atomic E-state index is -3.13. The molecule has 0 spiro atoms. The van der Waals surface area contributed by atoms with E-state index in [0.717, 1.165) is 12.8 Å². The zero-order chi connectivity index (χ0) is 15.5. The molecule has 0 bridgehead atoms. The summed E-state index contributed by atoms with van der Waals surface area (Å²) in [6, 6.07) is 6.52. The zero-order valence-corrected chi connectivity index (χ0v) is 12.8. The Labute approximate surface area is 125 Å². The van der Waals surface area contributed by atoms with Crippen molar-refractivity contribution in [3.8, 4) is 5.75 Å². The Bertz CT molecular complexity index is 560. The number of nitrogens with zero attached hydrogens (tertiary/aromatic N) is 1. The molecular formula is C13H20BNO5S. The molecule has 0 radical (unpaired) electrons. The van der Waals surface area contributed by atoms with E-state index in [2.05, 4.69) is 0 Å². The van der Waals surface area contributed by atoms with Gasteiger partial charge in [0.25, 0.3) is 0 Å². The lowest BCUT2D eigenvalue weighted by Crippen LogP contribution is -2.40. The zero-order valence-electron chi connectivity index (χ0n) is 12.0. The summed E-state index contributed by atoms with van der Waals surface area (Å²) in [6.07, 6.45) is 3.02. The van der Waals surface area contributed by atoms with Crippen LogP contribution >= 0.6 is 0 Å². The van der Waals surface area contributed by atoms with E-state index < -0.39 is 17.1 Å². The maximum absolute atomic E-state index is 11.5. The Kier molecular flexibility index (Phi) is 5.26. The van der Waals surface area contributed by atoms with Gasteiger partial charge < -0.3 is 14.8 Å². The van der Waals surface area contributed by atoms with Crippen molar-refractivity contribution in [3.05, 3.63) is 24.3 Å². The fraction of sp³-hybridized carbons (Fsp3) is 0.538. The molecule has 0 amide bonds. The van der Waals surface area contributed by atoms with E-state index in [0.29, 0.717) is 30.9 Å². The van der Waals surface area contributed by atoms with E-state index in [9.17, 15) is 8.42 Å². The van der Waals surface area contributed by atoms with Crippen LogP contribution in [0.15, 0.2) is 24.3 Å². The quantitative estimate of drug-likeness (QED) is 0.710. The van der Waals surface area contributed by atoms with Crippen molar-refractivity contribution in [1.82, 2.24) is 4.31 Å². The molecule has 1 atom stereocenters. The van der Waals surface area contributed by atoms with Crippen LogP contribution < -0.4 is 10.2 Å². The Morgan fingerprint density at radius 3 is 2.57 bits per heavy atom. The van der Waals surface area contributed by atoms with Gasteiger partial charge in [-0.1, -0.05) is 12.1 Å². The van der Waals surface area contributed by atoms with Crippen molar-refractivity contribution in [2.75, 3.05) is 26.0 Å². The first-order valence-corrected chi connectivity index (χ1v) is 8.75. The lowest BCUT2D eigenvalue weighted by Gasteiger charge is -2.30. The molecular weight excluding hydrogens is 293 g/mol. The smallest absolute Gasteiger partial charge is 0.488 e. The van der Waals surface area contributed by atoms with Crippen LogP contribution in [0.2, 0.25) is 0 Å². The van der Waals surface area contributed by atoms with Crippen molar-refractivity contribution < 1.29 is 23.2 Å². The summed E-state index contributed by atoms with van der Waals surface area (Å²) in [5.41, 5.74) is 0.406. The lowest BCUT2D eigenvalue weighted by molar-refractivity contribution is 0.181. The minimum Gasteiger partial charge on any atom is -0.493 e. The summed E-state index contributed by atoms with van der Waals surface area (Å²) in [4.78, 5) is 0. The number of sulfonamides is 1. The summed E-state index contributed by atoms with van der Waals surface area (Å²) in [7, 11) is -4.62. The van der Waals surface area contributed by atoms with Crippen LogP contribution in [0.1, 0.15) is 12.8 Å². The Balaban J connectivity index is 1.88. The second kappa shape index (κ2) is 6.78. The van der Waals surface area contributed by atoms with Gasteiger partial charge >= 0.3 is 7.12 Å². The number of benzene rings is 1. The average molecular weight is 313 g/mol. The van der Waals surface area contributed by atoms with Crippen LogP contribution in [-0.4, -0.2) is 55.8 Å². The van der Waals surface area contributed by atoms with Crippen LogP contribution in [0.4, 0.5) is 0 Å². The SMILES string of the molecule is CS(=O)(=O)N1CCCC(COc2ccc(B(O)O)cc2)C1. The predicted octanol–water partition coefficient (Wildman–Crippen LogP) is -0.583. The first-order valence-electron chi connectivity index (χ1n) is 6.90. The first-order chi connectivity index (χ1) is 9.86. The van der Waals surface area contributed by atoms with Crippen LogP contribution in [0.5, 0.6) is 5.75 Å². The summed E-state index contributed by atoms with van der Waals surface area (Å²) in [6.45, 7) is 1.53. The van der Waals surface area contributed by atoms with Gasteiger partial charge in [-0.3, -0.25) is 0 Å². The summed E-state index contributed by atoms with van der Waals surface area (Å²) in [5, 5.41) is 18.0. The number of hydrogen-bond acceptors (Lipinski definition) is 5. The molecule has 0 saturated carbocycles. The highest BCUT2D eigenvalue weighted by atomic mass is 32.2. The molecule has 1 aliphatic heterocycles. The van der Waals surface area contributed by atoms with E-state index in [1.54, 1.807) is 24.3 Å². The fourth-order valence-corrected chi connectivity index (χ4v) is 3.36. The van der Waals surface area contributed by atoms with Gasteiger partial charge in [0.15, 0.2) is 0 Å². The Hall–Kier alpha value is -1.09. The molecule has 2 N–H and O–H groups in total. The molecule has 1 fully saturated rings. The summed E-state index contributed by atoms with van der Waals surface area (Å²) >= 11 is 0. The monoisotopic (exact) mass is 313 g/mol. The van der Waals surface area contributed by atoms with Gasteiger partial charge in [0.2, 0.25) is 10.0 Å². The second-order valence-corrected chi connectivity index (χ2v) is 7.37. The van der Waals surface area contributed by atoms with E-state index in [4.69, 9.17) is 14.8 Å². The Morgan fingerprint density at radius 2 is 2.00 bits per heavy atom. The molecule has 8 heteroatoms. The molecule has 1 saturated heterocycles. The average Bonchev–Trinajstić information content (AvgIpc) is 2.45. The maximum atomic E-state index is 11.5. The number of rotatable bonds is 5. The summed E-state index contributed by atoms with van der Waals surface area (Å²) in [5.74, 6) is 0.812. The largest absolute Gasteiger partial charge is 0.493 e. The molecule has 2 rings (SSSR count). The van der Waals surface area contributed by atoms with Gasteiger partial charge in [0, 0.05) is 19.0 Å². The van der Waals surface area contributed by atoms with Gasteiger partial charge in [0.1, 0.15) is 5.75 Å². The topological polar surface area (TPSA) is 87.1 Å². The first kappa shape index (κ1) is 16.3. The lowest BCUT2D eigenvalue weighted by atomic mass is 9.80. The Morgan fingerprint density at radius 1 is 1.33 bits per heavy atom. The van der Waals surface area contributed by atoms with Crippen molar-refractivity contribution in [1.29, 1.82) is 0 Å². The molecule has 21 heavy (non-hydrogen) atoms. The van der Waals surface area contributed by atoms with E-state index in [-0.39, 0.29) is 5.92 Å². The van der Waals surface area contributed by atoms with Crippen LogP contribution in [0.3, 0.4) is 0 Å². The molecule has 1 aromatic carbocycles. The van der Waals surface area contributed by atoms with Gasteiger partial charge in [-0.15, -0.1) is 0 Å². The molecule has 1 aromatic rings.